The van der Waals surface area contributed by atoms with Gasteiger partial charge in [-0.1, -0.05) is 32.4 Å². The largest absolute Gasteiger partial charge is 0.547 e. The third-order valence-corrected chi connectivity index (χ3v) is 5.77. The predicted octanol–water partition coefficient (Wildman–Crippen LogP) is 5.76. The van der Waals surface area contributed by atoms with E-state index < -0.39 is 8.32 Å². The van der Waals surface area contributed by atoms with Crippen LogP contribution in [0.25, 0.3) is 0 Å². The molecule has 1 nitrogen and oxygen atoms in total. The summed E-state index contributed by atoms with van der Waals surface area (Å²) in [4.78, 5) is 0. The third-order valence-electron chi connectivity index (χ3n) is 4.94. The summed E-state index contributed by atoms with van der Waals surface area (Å²) < 4.78 is 6.65. The average Bonchev–Trinajstić information content (AvgIpc) is 2.61. The lowest BCUT2D eigenvalue weighted by atomic mass is 9.83. The number of rotatable bonds is 3. The quantitative estimate of drug-likeness (QED) is 0.474. The van der Waals surface area contributed by atoms with E-state index in [0.29, 0.717) is 11.8 Å². The van der Waals surface area contributed by atoms with Gasteiger partial charge in [0.1, 0.15) is 0 Å². The molecule has 2 heteroatoms. The van der Waals surface area contributed by atoms with Crippen LogP contribution >= 0.6 is 0 Å². The van der Waals surface area contributed by atoms with E-state index in [1.165, 1.54) is 18.6 Å². The van der Waals surface area contributed by atoms with Gasteiger partial charge in [0.15, 0.2) is 0 Å². The molecule has 114 valence electrons. The molecule has 2 rings (SSSR count). The lowest BCUT2D eigenvalue weighted by Gasteiger charge is -2.33. The van der Waals surface area contributed by atoms with Crippen molar-refractivity contribution in [3.05, 3.63) is 23.0 Å². The summed E-state index contributed by atoms with van der Waals surface area (Å²) in [6.07, 6.45) is 6.27. The van der Waals surface area contributed by atoms with Crippen molar-refractivity contribution in [3.8, 4) is 0 Å². The van der Waals surface area contributed by atoms with Gasteiger partial charge in [0, 0.05) is 5.92 Å². The van der Waals surface area contributed by atoms with E-state index in [2.05, 4.69) is 53.4 Å². The first-order valence-corrected chi connectivity index (χ1v) is 11.7. The summed E-state index contributed by atoms with van der Waals surface area (Å²) in [5.41, 5.74) is 3.17. The van der Waals surface area contributed by atoms with Crippen molar-refractivity contribution in [1.82, 2.24) is 0 Å². The molecule has 0 aliphatic heterocycles. The molecular formula is C18H32OSi. The van der Waals surface area contributed by atoms with E-state index in [0.717, 1.165) is 18.3 Å². The van der Waals surface area contributed by atoms with E-state index in [-0.39, 0.29) is 0 Å². The highest BCUT2D eigenvalue weighted by atomic mass is 28.4. The van der Waals surface area contributed by atoms with E-state index in [1.807, 2.05) is 0 Å². The molecule has 0 N–H and O–H groups in total. The SMILES string of the molecule is CC1=CCC(C(C)C)=C(O[Si](C)(C)C)[C@H]2[C@H](C)CC[C@@H]12. The van der Waals surface area contributed by atoms with Crippen molar-refractivity contribution in [3.63, 3.8) is 0 Å². The Labute approximate surface area is 126 Å². The lowest BCUT2D eigenvalue weighted by Crippen LogP contribution is -2.31. The Hall–Kier alpha value is -0.503. The molecule has 0 aromatic heterocycles. The maximum absolute atomic E-state index is 6.65. The van der Waals surface area contributed by atoms with Crippen molar-refractivity contribution < 1.29 is 4.43 Å². The number of hydrogen-bond donors (Lipinski definition) is 0. The van der Waals surface area contributed by atoms with Gasteiger partial charge in [-0.3, -0.25) is 0 Å². The summed E-state index contributed by atoms with van der Waals surface area (Å²) in [6.45, 7) is 16.4. The van der Waals surface area contributed by atoms with E-state index in [9.17, 15) is 0 Å². The van der Waals surface area contributed by atoms with Crippen LogP contribution in [0, 0.1) is 23.7 Å². The zero-order valence-electron chi connectivity index (χ0n) is 14.4. The number of allylic oxidation sites excluding steroid dienone is 4. The topological polar surface area (TPSA) is 9.23 Å². The lowest BCUT2D eigenvalue weighted by molar-refractivity contribution is 0.270. The van der Waals surface area contributed by atoms with Gasteiger partial charge < -0.3 is 4.43 Å². The molecule has 0 radical (unpaired) electrons. The second-order valence-corrected chi connectivity index (χ2v) is 12.5. The molecule has 0 heterocycles. The Morgan fingerprint density at radius 3 is 2.40 bits per heavy atom. The Morgan fingerprint density at radius 1 is 1.20 bits per heavy atom. The maximum Gasteiger partial charge on any atom is 0.241 e. The van der Waals surface area contributed by atoms with Gasteiger partial charge in [0.2, 0.25) is 8.32 Å². The van der Waals surface area contributed by atoms with E-state index in [1.54, 1.807) is 11.1 Å². The third kappa shape index (κ3) is 3.21. The van der Waals surface area contributed by atoms with Gasteiger partial charge >= 0.3 is 0 Å². The fraction of sp³-hybridized carbons (Fsp3) is 0.778. The first-order chi connectivity index (χ1) is 9.20. The number of fused-ring (bicyclic) bond motifs is 1. The van der Waals surface area contributed by atoms with Gasteiger partial charge in [0.25, 0.3) is 0 Å². The number of hydrogen-bond acceptors (Lipinski definition) is 1. The van der Waals surface area contributed by atoms with Crippen molar-refractivity contribution in [2.45, 2.75) is 66.6 Å². The predicted molar refractivity (Wildman–Crippen MR) is 90.0 cm³/mol. The van der Waals surface area contributed by atoms with Crippen LogP contribution in [0.3, 0.4) is 0 Å². The molecule has 0 saturated heterocycles. The van der Waals surface area contributed by atoms with Gasteiger partial charge in [-0.15, -0.1) is 0 Å². The fourth-order valence-electron chi connectivity index (χ4n) is 3.87. The molecule has 0 aromatic carbocycles. The normalized spacial score (nSPS) is 31.2. The molecule has 2 aliphatic rings. The molecule has 20 heavy (non-hydrogen) atoms. The van der Waals surface area contributed by atoms with Crippen LogP contribution in [-0.4, -0.2) is 8.32 Å². The summed E-state index contributed by atoms with van der Waals surface area (Å²) in [5, 5.41) is 0. The molecule has 0 aromatic rings. The highest BCUT2D eigenvalue weighted by Crippen LogP contribution is 2.49. The molecule has 2 aliphatic carbocycles. The first kappa shape index (κ1) is 15.9. The van der Waals surface area contributed by atoms with Crippen molar-refractivity contribution in [2.75, 3.05) is 0 Å². The zero-order valence-corrected chi connectivity index (χ0v) is 15.4. The molecule has 1 fully saturated rings. The van der Waals surface area contributed by atoms with Crippen molar-refractivity contribution in [2.24, 2.45) is 23.7 Å². The average molecular weight is 293 g/mol. The van der Waals surface area contributed by atoms with Crippen LogP contribution in [0.4, 0.5) is 0 Å². The minimum absolute atomic E-state index is 0.594. The second-order valence-electron chi connectivity index (χ2n) is 8.10. The summed E-state index contributed by atoms with van der Waals surface area (Å²) in [6, 6.07) is 0. The fourth-order valence-corrected chi connectivity index (χ4v) is 4.80. The van der Waals surface area contributed by atoms with E-state index in [4.69, 9.17) is 4.43 Å². The standard InChI is InChI=1S/C18H32OSi/c1-12(2)15-10-8-13(3)16-11-9-14(4)17(16)18(15)19-20(5,6)7/h8,12,14,16-17H,9-11H2,1-7H3/t14-,16+,17+/m1/s1. The van der Waals surface area contributed by atoms with Crippen molar-refractivity contribution >= 4 is 8.32 Å². The summed E-state index contributed by atoms with van der Waals surface area (Å²) in [5.74, 6) is 4.12. The zero-order chi connectivity index (χ0) is 15.1. The summed E-state index contributed by atoms with van der Waals surface area (Å²) >= 11 is 0. The Balaban J connectivity index is 2.47. The minimum Gasteiger partial charge on any atom is -0.547 e. The van der Waals surface area contributed by atoms with E-state index >= 15 is 0 Å². The Kier molecular flexibility index (Phi) is 4.53. The van der Waals surface area contributed by atoms with Crippen LogP contribution in [0.15, 0.2) is 23.0 Å². The Morgan fingerprint density at radius 2 is 1.85 bits per heavy atom. The van der Waals surface area contributed by atoms with Crippen LogP contribution < -0.4 is 0 Å². The van der Waals surface area contributed by atoms with Gasteiger partial charge in [0.05, 0.1) is 5.76 Å². The Bertz CT molecular complexity index is 425. The van der Waals surface area contributed by atoms with Crippen LogP contribution in [0.5, 0.6) is 0 Å². The van der Waals surface area contributed by atoms with Crippen LogP contribution in [0.2, 0.25) is 19.6 Å². The molecule has 1 saturated carbocycles. The molecule has 0 amide bonds. The molecule has 3 atom stereocenters. The molecule has 0 unspecified atom stereocenters. The van der Waals surface area contributed by atoms with Crippen LogP contribution in [0.1, 0.15) is 47.0 Å². The first-order valence-electron chi connectivity index (χ1n) is 8.29. The van der Waals surface area contributed by atoms with Gasteiger partial charge in [-0.2, -0.15) is 0 Å². The summed E-state index contributed by atoms with van der Waals surface area (Å²) in [7, 11) is -1.55. The molecule has 0 bridgehead atoms. The smallest absolute Gasteiger partial charge is 0.241 e. The van der Waals surface area contributed by atoms with Crippen molar-refractivity contribution in [1.29, 1.82) is 0 Å². The van der Waals surface area contributed by atoms with Gasteiger partial charge in [-0.05, 0) is 69.2 Å². The highest BCUT2D eigenvalue weighted by molar-refractivity contribution is 6.70. The molecule has 0 spiro atoms. The second kappa shape index (κ2) is 5.71. The monoisotopic (exact) mass is 292 g/mol. The van der Waals surface area contributed by atoms with Gasteiger partial charge in [-0.25, -0.2) is 0 Å². The highest BCUT2D eigenvalue weighted by Gasteiger charge is 2.41. The minimum atomic E-state index is -1.55. The maximum atomic E-state index is 6.65. The molecular weight excluding hydrogens is 260 g/mol. The van der Waals surface area contributed by atoms with Crippen LogP contribution in [-0.2, 0) is 4.43 Å².